The van der Waals surface area contributed by atoms with Crippen LogP contribution in [0.2, 0.25) is 0 Å². The van der Waals surface area contributed by atoms with Crippen LogP contribution in [0.25, 0.3) is 33.4 Å². The van der Waals surface area contributed by atoms with Gasteiger partial charge in [0.05, 0.1) is 0 Å². The minimum absolute atomic E-state index is 0.0899. The van der Waals surface area contributed by atoms with E-state index in [1.807, 2.05) is 0 Å². The quantitative estimate of drug-likeness (QED) is 0.159. The van der Waals surface area contributed by atoms with Crippen molar-refractivity contribution in [2.45, 2.75) is 157 Å². The third-order valence-corrected chi connectivity index (χ3v) is 16.1. The van der Waals surface area contributed by atoms with Crippen molar-refractivity contribution in [3.8, 4) is 33.4 Å². The number of hydrogen-bond acceptors (Lipinski definition) is 2. The van der Waals surface area contributed by atoms with Gasteiger partial charge in [-0.05, 0) is 164 Å². The van der Waals surface area contributed by atoms with Gasteiger partial charge in [0.2, 0.25) is 0 Å². The Kier molecular flexibility index (Phi) is 12.5. The highest BCUT2D eigenvalue weighted by Gasteiger charge is 2.46. The van der Waals surface area contributed by atoms with Crippen LogP contribution in [0.1, 0.15) is 158 Å². The lowest BCUT2D eigenvalue weighted by molar-refractivity contribution is 0.568. The zero-order valence-corrected chi connectivity index (χ0v) is 48.6. The van der Waals surface area contributed by atoms with Gasteiger partial charge in [0.15, 0.2) is 0 Å². The van der Waals surface area contributed by atoms with Gasteiger partial charge in [0, 0.05) is 34.1 Å². The monoisotopic (exact) mass is 985 g/mol. The molecule has 0 aliphatic carbocycles. The Morgan fingerprint density at radius 1 is 0.280 bits per heavy atom. The molecule has 8 aromatic carbocycles. The second kappa shape index (κ2) is 18.0. The topological polar surface area (TPSA) is 6.48 Å². The van der Waals surface area contributed by atoms with E-state index in [4.69, 9.17) is 0 Å². The fourth-order valence-electron chi connectivity index (χ4n) is 11.6. The summed E-state index contributed by atoms with van der Waals surface area (Å²) < 4.78 is 0. The highest BCUT2D eigenvalue weighted by Crippen LogP contribution is 2.51. The summed E-state index contributed by atoms with van der Waals surface area (Å²) in [5.74, 6) is 0. The van der Waals surface area contributed by atoms with Crippen LogP contribution < -0.4 is 26.2 Å². The third-order valence-electron chi connectivity index (χ3n) is 16.1. The Hall–Kier alpha value is -6.58. The summed E-state index contributed by atoms with van der Waals surface area (Å²) in [6.07, 6.45) is 0. The summed E-state index contributed by atoms with van der Waals surface area (Å²) in [6, 6.07) is 63.8. The van der Waals surface area contributed by atoms with E-state index < -0.39 is 0 Å². The fourth-order valence-corrected chi connectivity index (χ4v) is 11.6. The lowest BCUT2D eigenvalue weighted by Crippen LogP contribution is -2.61. The van der Waals surface area contributed by atoms with Gasteiger partial charge in [-0.1, -0.05) is 240 Å². The predicted octanol–water partition coefficient (Wildman–Crippen LogP) is 18.6. The number of anilines is 6. The molecular formula is C72H81BN2. The zero-order valence-electron chi connectivity index (χ0n) is 48.6. The van der Waals surface area contributed by atoms with Crippen molar-refractivity contribution in [3.63, 3.8) is 0 Å². The molecule has 0 saturated carbocycles. The van der Waals surface area contributed by atoms with Crippen molar-refractivity contribution in [1.29, 1.82) is 0 Å². The average molecular weight is 985 g/mol. The molecule has 0 spiro atoms. The molecule has 382 valence electrons. The van der Waals surface area contributed by atoms with Crippen LogP contribution in [0.5, 0.6) is 0 Å². The largest absolute Gasteiger partial charge is 0.311 e. The van der Waals surface area contributed by atoms with Gasteiger partial charge in [-0.2, -0.15) is 0 Å². The van der Waals surface area contributed by atoms with Crippen LogP contribution in [0.4, 0.5) is 34.1 Å². The van der Waals surface area contributed by atoms with E-state index in [0.717, 1.165) is 0 Å². The summed E-state index contributed by atoms with van der Waals surface area (Å²) >= 11 is 0. The molecule has 0 unspecified atom stereocenters. The number of fused-ring (bicyclic) bond motifs is 4. The molecule has 2 aliphatic heterocycles. The standard InChI is InChI=1S/C72H81BN2/c1-67(2,3)50-36-51(68(4,5)6)39-54(38-50)74-62-44-58(71(13,14)15)56(47-30-24-20-25-31-47)42-60(62)73-61-43-57(48-32-26-21-27-33-48)59(72(16,17)18)45-63(61)75(55-40-52(69(7,8)9)37-53(41-55)70(10,11)12)65-35-49(34-64(74)66(65)73)46-28-22-19-23-29-46/h19-45H,1-18H3. The van der Waals surface area contributed by atoms with E-state index in [1.54, 1.807) is 0 Å². The third kappa shape index (κ3) is 9.60. The second-order valence-electron chi connectivity index (χ2n) is 28.1. The molecule has 3 heteroatoms. The molecular weight excluding hydrogens is 904 g/mol. The number of benzene rings is 8. The van der Waals surface area contributed by atoms with E-state index in [2.05, 4.69) is 298 Å². The van der Waals surface area contributed by atoms with Gasteiger partial charge >= 0.3 is 0 Å². The maximum Gasteiger partial charge on any atom is 0.252 e. The zero-order chi connectivity index (χ0) is 53.9. The predicted molar refractivity (Wildman–Crippen MR) is 329 cm³/mol. The molecule has 75 heavy (non-hydrogen) atoms. The summed E-state index contributed by atoms with van der Waals surface area (Å²) in [5, 5.41) is 0. The van der Waals surface area contributed by atoms with Crippen molar-refractivity contribution in [2.24, 2.45) is 0 Å². The molecule has 0 radical (unpaired) electrons. The maximum absolute atomic E-state index is 2.68. The lowest BCUT2D eigenvalue weighted by Gasteiger charge is -2.46. The van der Waals surface area contributed by atoms with E-state index >= 15 is 0 Å². The molecule has 2 nitrogen and oxygen atoms in total. The number of hydrogen-bond donors (Lipinski definition) is 0. The van der Waals surface area contributed by atoms with Gasteiger partial charge < -0.3 is 9.80 Å². The SMILES string of the molecule is CC(C)(C)c1cc(N2c3cc(C(C)(C)C)c(-c4ccccc4)cc3B3c4cc(-c5ccccc5)c(C(C)(C)C)cc4N(c4cc(C(C)(C)C)cc(C(C)(C)C)c4)c4cc(-c5ccccc5)cc2c43)cc(C(C)(C)C)c1. The highest BCUT2D eigenvalue weighted by atomic mass is 15.2. The van der Waals surface area contributed by atoms with E-state index in [1.165, 1.54) is 117 Å². The molecule has 0 atom stereocenters. The first kappa shape index (κ1) is 51.9. The van der Waals surface area contributed by atoms with Gasteiger partial charge in [-0.25, -0.2) is 0 Å². The molecule has 2 heterocycles. The maximum atomic E-state index is 2.68. The fraction of sp³-hybridized carbons (Fsp3) is 0.333. The Morgan fingerprint density at radius 3 is 0.880 bits per heavy atom. The Labute approximate surface area is 452 Å². The van der Waals surface area contributed by atoms with Crippen LogP contribution in [0.15, 0.2) is 164 Å². The van der Waals surface area contributed by atoms with E-state index in [9.17, 15) is 0 Å². The van der Waals surface area contributed by atoms with Crippen molar-refractivity contribution in [1.82, 2.24) is 0 Å². The molecule has 0 fully saturated rings. The van der Waals surface area contributed by atoms with E-state index in [0.29, 0.717) is 0 Å². The number of nitrogens with zero attached hydrogens (tertiary/aromatic N) is 2. The second-order valence-corrected chi connectivity index (χ2v) is 28.1. The van der Waals surface area contributed by atoms with E-state index in [-0.39, 0.29) is 39.2 Å². The van der Waals surface area contributed by atoms with Crippen molar-refractivity contribution in [2.75, 3.05) is 9.80 Å². The summed E-state index contributed by atoms with van der Waals surface area (Å²) in [5.41, 5.74) is 26.1. The Morgan fingerprint density at radius 2 is 0.587 bits per heavy atom. The van der Waals surface area contributed by atoms with Crippen LogP contribution in [-0.2, 0) is 32.5 Å². The first-order valence-electron chi connectivity index (χ1n) is 27.6. The molecule has 0 amide bonds. The van der Waals surface area contributed by atoms with Crippen molar-refractivity contribution in [3.05, 3.63) is 197 Å². The van der Waals surface area contributed by atoms with Crippen LogP contribution in [0.3, 0.4) is 0 Å². The lowest BCUT2D eigenvalue weighted by atomic mass is 9.33. The van der Waals surface area contributed by atoms with Crippen molar-refractivity contribution < 1.29 is 0 Å². The van der Waals surface area contributed by atoms with Crippen LogP contribution in [0, 0.1) is 0 Å². The highest BCUT2D eigenvalue weighted by molar-refractivity contribution is 7.00. The Balaban J connectivity index is 1.46. The van der Waals surface area contributed by atoms with Crippen LogP contribution in [-0.4, -0.2) is 6.71 Å². The van der Waals surface area contributed by atoms with Crippen LogP contribution >= 0.6 is 0 Å². The normalized spacial score (nSPS) is 13.9. The summed E-state index contributed by atoms with van der Waals surface area (Å²) in [7, 11) is 0. The van der Waals surface area contributed by atoms with Gasteiger partial charge in [-0.15, -0.1) is 0 Å². The molecule has 0 saturated heterocycles. The smallest absolute Gasteiger partial charge is 0.252 e. The van der Waals surface area contributed by atoms with Crippen molar-refractivity contribution >= 4 is 57.2 Å². The molecule has 0 bridgehead atoms. The molecule has 8 aromatic rings. The number of rotatable bonds is 5. The molecule has 0 N–H and O–H groups in total. The summed E-state index contributed by atoms with van der Waals surface area (Å²) in [4.78, 5) is 5.37. The minimum atomic E-state index is -0.167. The molecule has 10 rings (SSSR count). The minimum Gasteiger partial charge on any atom is -0.311 e. The molecule has 0 aromatic heterocycles. The average Bonchev–Trinajstić information content (AvgIpc) is 3.39. The molecule has 2 aliphatic rings. The first-order valence-corrected chi connectivity index (χ1v) is 27.6. The van der Waals surface area contributed by atoms with Gasteiger partial charge in [0.25, 0.3) is 6.71 Å². The first-order chi connectivity index (χ1) is 35.0. The van der Waals surface area contributed by atoms with Gasteiger partial charge in [0.1, 0.15) is 0 Å². The van der Waals surface area contributed by atoms with Gasteiger partial charge in [-0.3, -0.25) is 0 Å². The Bertz CT molecular complexity index is 3190. The summed E-state index contributed by atoms with van der Waals surface area (Å²) in [6.45, 7) is 42.6.